The summed E-state index contributed by atoms with van der Waals surface area (Å²) in [6.45, 7) is 0. The summed E-state index contributed by atoms with van der Waals surface area (Å²) in [5, 5.41) is 0. The van der Waals surface area contributed by atoms with E-state index >= 15 is 0 Å². The molecule has 98 valence electrons. The number of aromatic nitrogens is 3. The van der Waals surface area contributed by atoms with Gasteiger partial charge >= 0.3 is 0 Å². The fourth-order valence-corrected chi connectivity index (χ4v) is 2.01. The number of rotatable bonds is 4. The number of ether oxygens (including phenoxy) is 1. The summed E-state index contributed by atoms with van der Waals surface area (Å²) in [7, 11) is 0. The number of nitrogens with one attached hydrogen (secondary N) is 1. The zero-order chi connectivity index (χ0) is 13.2. The lowest BCUT2D eigenvalue weighted by Crippen LogP contribution is -2.10. The van der Waals surface area contributed by atoms with E-state index in [4.69, 9.17) is 10.6 Å². The minimum Gasteiger partial charge on any atom is -0.437 e. The van der Waals surface area contributed by atoms with E-state index in [-0.39, 0.29) is 0 Å². The Hall–Kier alpha value is -1.73. The molecule has 0 atom stereocenters. The smallest absolute Gasteiger partial charge is 0.224 e. The van der Waals surface area contributed by atoms with Crippen molar-refractivity contribution < 1.29 is 4.74 Å². The second-order valence-corrected chi connectivity index (χ2v) is 5.22. The molecule has 0 bridgehead atoms. The first-order valence-electron chi connectivity index (χ1n) is 5.88. The third-order valence-corrected chi connectivity index (χ3v) is 3.15. The van der Waals surface area contributed by atoms with Crippen molar-refractivity contribution in [1.29, 1.82) is 0 Å². The standard InChI is InChI=1S/C12H12BrN5O/c13-8-3-9(6-15-5-8)19-11-4-10(18-14)16-12(17-11)7-1-2-7/h3-7H,1-2,14H2,(H,16,17,18). The maximum Gasteiger partial charge on any atom is 0.224 e. The summed E-state index contributed by atoms with van der Waals surface area (Å²) in [4.78, 5) is 12.8. The minimum atomic E-state index is 0.427. The Morgan fingerprint density at radius 1 is 1.26 bits per heavy atom. The van der Waals surface area contributed by atoms with Crippen LogP contribution in [0.3, 0.4) is 0 Å². The Kier molecular flexibility index (Phi) is 3.31. The minimum absolute atomic E-state index is 0.427. The van der Waals surface area contributed by atoms with Crippen LogP contribution in [0, 0.1) is 0 Å². The molecule has 2 heterocycles. The normalized spacial score (nSPS) is 14.2. The van der Waals surface area contributed by atoms with Gasteiger partial charge in [-0.25, -0.2) is 10.8 Å². The van der Waals surface area contributed by atoms with E-state index in [2.05, 4.69) is 36.3 Å². The van der Waals surface area contributed by atoms with Gasteiger partial charge in [0.25, 0.3) is 0 Å². The van der Waals surface area contributed by atoms with E-state index < -0.39 is 0 Å². The largest absolute Gasteiger partial charge is 0.437 e. The fraction of sp³-hybridized carbons (Fsp3) is 0.250. The highest BCUT2D eigenvalue weighted by atomic mass is 79.9. The first-order chi connectivity index (χ1) is 9.24. The Balaban J connectivity index is 1.89. The van der Waals surface area contributed by atoms with Crippen LogP contribution in [-0.4, -0.2) is 15.0 Å². The van der Waals surface area contributed by atoms with Crippen LogP contribution in [0.5, 0.6) is 11.6 Å². The lowest BCUT2D eigenvalue weighted by Gasteiger charge is -2.08. The van der Waals surface area contributed by atoms with E-state index in [1.807, 2.05) is 6.07 Å². The van der Waals surface area contributed by atoms with Gasteiger partial charge in [0, 0.05) is 22.7 Å². The van der Waals surface area contributed by atoms with Gasteiger partial charge in [-0.2, -0.15) is 4.98 Å². The predicted molar refractivity (Wildman–Crippen MR) is 73.8 cm³/mol. The van der Waals surface area contributed by atoms with Crippen molar-refractivity contribution in [2.75, 3.05) is 5.43 Å². The van der Waals surface area contributed by atoms with Crippen molar-refractivity contribution in [2.45, 2.75) is 18.8 Å². The average Bonchev–Trinajstić information content (AvgIpc) is 3.22. The molecule has 1 fully saturated rings. The highest BCUT2D eigenvalue weighted by Gasteiger charge is 2.27. The molecule has 0 spiro atoms. The van der Waals surface area contributed by atoms with Crippen LogP contribution in [0.25, 0.3) is 0 Å². The molecule has 0 amide bonds. The predicted octanol–water partition coefficient (Wildman–Crippen LogP) is 2.59. The van der Waals surface area contributed by atoms with Crippen LogP contribution < -0.4 is 16.0 Å². The molecule has 3 N–H and O–H groups in total. The Bertz CT molecular complexity index is 602. The molecule has 0 unspecified atom stereocenters. The molecule has 1 saturated carbocycles. The summed E-state index contributed by atoms with van der Waals surface area (Å²) < 4.78 is 6.53. The van der Waals surface area contributed by atoms with Crippen LogP contribution in [-0.2, 0) is 0 Å². The Morgan fingerprint density at radius 3 is 2.79 bits per heavy atom. The lowest BCUT2D eigenvalue weighted by molar-refractivity contribution is 0.456. The van der Waals surface area contributed by atoms with Gasteiger partial charge in [-0.3, -0.25) is 4.98 Å². The number of halogens is 1. The van der Waals surface area contributed by atoms with Gasteiger partial charge in [0.1, 0.15) is 17.4 Å². The molecule has 1 aliphatic rings. The molecular weight excluding hydrogens is 310 g/mol. The van der Waals surface area contributed by atoms with E-state index in [1.54, 1.807) is 18.5 Å². The Labute approximate surface area is 118 Å². The third-order valence-electron chi connectivity index (χ3n) is 2.71. The number of hydrazine groups is 1. The van der Waals surface area contributed by atoms with Crippen molar-refractivity contribution in [1.82, 2.24) is 15.0 Å². The maximum atomic E-state index is 5.68. The number of hydrogen-bond acceptors (Lipinski definition) is 6. The summed E-state index contributed by atoms with van der Waals surface area (Å²) in [6, 6.07) is 3.48. The number of nitrogen functional groups attached to an aromatic ring is 1. The van der Waals surface area contributed by atoms with Crippen LogP contribution >= 0.6 is 15.9 Å². The molecule has 0 radical (unpaired) electrons. The molecule has 19 heavy (non-hydrogen) atoms. The molecule has 0 aliphatic heterocycles. The zero-order valence-electron chi connectivity index (χ0n) is 10.0. The quantitative estimate of drug-likeness (QED) is 0.665. The SMILES string of the molecule is NNc1cc(Oc2cncc(Br)c2)nc(C2CC2)n1. The maximum absolute atomic E-state index is 5.68. The molecule has 3 rings (SSSR count). The highest BCUT2D eigenvalue weighted by molar-refractivity contribution is 9.10. The van der Waals surface area contributed by atoms with Crippen LogP contribution in [0.4, 0.5) is 5.82 Å². The monoisotopic (exact) mass is 321 g/mol. The van der Waals surface area contributed by atoms with Gasteiger partial charge in [-0.15, -0.1) is 0 Å². The lowest BCUT2D eigenvalue weighted by atomic mass is 10.4. The van der Waals surface area contributed by atoms with Gasteiger partial charge < -0.3 is 10.2 Å². The number of nitrogens with two attached hydrogens (primary N) is 1. The van der Waals surface area contributed by atoms with Gasteiger partial charge in [0.15, 0.2) is 0 Å². The molecule has 7 heteroatoms. The first kappa shape index (κ1) is 12.3. The first-order valence-corrected chi connectivity index (χ1v) is 6.68. The van der Waals surface area contributed by atoms with E-state index in [0.717, 1.165) is 23.1 Å². The summed E-state index contributed by atoms with van der Waals surface area (Å²) in [5.41, 5.74) is 2.53. The molecular formula is C12H12BrN5O. The van der Waals surface area contributed by atoms with Crippen LogP contribution in [0.2, 0.25) is 0 Å². The molecule has 0 aromatic carbocycles. The van der Waals surface area contributed by atoms with Gasteiger partial charge in [0.2, 0.25) is 5.88 Å². The number of anilines is 1. The van der Waals surface area contributed by atoms with Crippen LogP contribution in [0.1, 0.15) is 24.6 Å². The molecule has 0 saturated heterocycles. The number of pyridine rings is 1. The molecule has 2 aromatic rings. The van der Waals surface area contributed by atoms with E-state index in [1.165, 1.54) is 0 Å². The molecule has 2 aromatic heterocycles. The van der Waals surface area contributed by atoms with Crippen LogP contribution in [0.15, 0.2) is 29.0 Å². The third kappa shape index (κ3) is 2.99. The van der Waals surface area contributed by atoms with Crippen molar-refractivity contribution in [3.05, 3.63) is 34.8 Å². The topological polar surface area (TPSA) is 86.0 Å². The van der Waals surface area contributed by atoms with E-state index in [0.29, 0.717) is 23.4 Å². The van der Waals surface area contributed by atoms with Crippen molar-refractivity contribution in [3.63, 3.8) is 0 Å². The van der Waals surface area contributed by atoms with Gasteiger partial charge in [0.05, 0.1) is 6.20 Å². The van der Waals surface area contributed by atoms with Gasteiger partial charge in [-0.05, 0) is 34.8 Å². The van der Waals surface area contributed by atoms with Crippen molar-refractivity contribution >= 4 is 21.7 Å². The Morgan fingerprint density at radius 2 is 2.11 bits per heavy atom. The van der Waals surface area contributed by atoms with Gasteiger partial charge in [-0.1, -0.05) is 0 Å². The fourth-order valence-electron chi connectivity index (χ4n) is 1.66. The molecule has 6 nitrogen and oxygen atoms in total. The summed E-state index contributed by atoms with van der Waals surface area (Å²) in [5.74, 6) is 8.23. The summed E-state index contributed by atoms with van der Waals surface area (Å²) in [6.07, 6.45) is 5.55. The van der Waals surface area contributed by atoms with Crippen molar-refractivity contribution in [2.24, 2.45) is 5.84 Å². The van der Waals surface area contributed by atoms with Crippen molar-refractivity contribution in [3.8, 4) is 11.6 Å². The summed E-state index contributed by atoms with van der Waals surface area (Å²) >= 11 is 3.34. The van der Waals surface area contributed by atoms with E-state index in [9.17, 15) is 0 Å². The molecule has 1 aliphatic carbocycles. The number of nitrogens with zero attached hydrogens (tertiary/aromatic N) is 3. The second kappa shape index (κ2) is 5.10. The second-order valence-electron chi connectivity index (χ2n) is 4.31. The number of hydrogen-bond donors (Lipinski definition) is 2. The highest BCUT2D eigenvalue weighted by Crippen LogP contribution is 2.39. The average molecular weight is 322 g/mol. The zero-order valence-corrected chi connectivity index (χ0v) is 11.6.